The summed E-state index contributed by atoms with van der Waals surface area (Å²) in [7, 11) is 0. The minimum Gasteiger partial charge on any atom is -0.355 e. The van der Waals surface area contributed by atoms with Gasteiger partial charge in [0.05, 0.1) is 5.41 Å². The number of carbonyl (C=O) groups is 2. The molecule has 1 aliphatic rings. The smallest absolute Gasteiger partial charge is 0.255 e. The summed E-state index contributed by atoms with van der Waals surface area (Å²) in [6.45, 7) is 2.87. The zero-order valence-electron chi connectivity index (χ0n) is 16.7. The summed E-state index contributed by atoms with van der Waals surface area (Å²) in [4.78, 5) is 25.4. The van der Waals surface area contributed by atoms with Crippen molar-refractivity contribution in [2.24, 2.45) is 0 Å². The lowest BCUT2D eigenvalue weighted by Crippen LogP contribution is -2.46. The van der Waals surface area contributed by atoms with Crippen LogP contribution in [0.25, 0.3) is 0 Å². The number of nitrogens with one attached hydrogen (secondary N) is 2. The maximum atomic E-state index is 13.1. The molecule has 1 saturated carbocycles. The Balaban J connectivity index is 1.75. The van der Waals surface area contributed by atoms with Crippen LogP contribution in [0.4, 0.5) is 5.69 Å². The van der Waals surface area contributed by atoms with E-state index in [9.17, 15) is 9.59 Å². The van der Waals surface area contributed by atoms with Crippen molar-refractivity contribution < 1.29 is 9.59 Å². The molecule has 0 aromatic heterocycles. The number of hydrogen-bond acceptors (Lipinski definition) is 2. The predicted molar refractivity (Wildman–Crippen MR) is 114 cm³/mol. The van der Waals surface area contributed by atoms with Gasteiger partial charge in [0.2, 0.25) is 5.91 Å². The van der Waals surface area contributed by atoms with Gasteiger partial charge >= 0.3 is 0 Å². The number of rotatable bonds is 7. The van der Waals surface area contributed by atoms with Gasteiger partial charge in [-0.2, -0.15) is 0 Å². The molecule has 2 aromatic carbocycles. The second-order valence-corrected chi connectivity index (χ2v) is 7.65. The number of anilines is 1. The van der Waals surface area contributed by atoms with Crippen molar-refractivity contribution in [3.05, 3.63) is 65.7 Å². The Morgan fingerprint density at radius 3 is 2.25 bits per heavy atom. The number of unbranched alkanes of at least 4 members (excludes halogenated alkanes) is 1. The van der Waals surface area contributed by atoms with Crippen molar-refractivity contribution in [2.75, 3.05) is 11.9 Å². The van der Waals surface area contributed by atoms with Gasteiger partial charge in [0.1, 0.15) is 0 Å². The van der Waals surface area contributed by atoms with E-state index in [0.717, 1.165) is 56.3 Å². The van der Waals surface area contributed by atoms with Crippen molar-refractivity contribution >= 4 is 17.5 Å². The molecule has 2 N–H and O–H groups in total. The Hall–Kier alpha value is -2.62. The van der Waals surface area contributed by atoms with Gasteiger partial charge in [0.15, 0.2) is 0 Å². The largest absolute Gasteiger partial charge is 0.355 e. The number of carbonyl (C=O) groups excluding carboxylic acids is 2. The van der Waals surface area contributed by atoms with E-state index < -0.39 is 5.41 Å². The molecule has 1 fully saturated rings. The van der Waals surface area contributed by atoms with Crippen LogP contribution in [0, 0.1) is 0 Å². The maximum absolute atomic E-state index is 13.1. The molecule has 2 amide bonds. The normalized spacial score (nSPS) is 15.6. The van der Waals surface area contributed by atoms with Crippen LogP contribution in [-0.2, 0) is 10.2 Å². The van der Waals surface area contributed by atoms with Crippen LogP contribution in [0.1, 0.15) is 67.8 Å². The molecule has 1 aliphatic carbocycles. The SMILES string of the molecule is CCCCNC(=O)C1(c2ccc(NC(=O)c3ccccc3)cc2)CCCCC1. The lowest BCUT2D eigenvalue weighted by molar-refractivity contribution is -0.128. The summed E-state index contributed by atoms with van der Waals surface area (Å²) < 4.78 is 0. The molecular weight excluding hydrogens is 348 g/mol. The fourth-order valence-electron chi connectivity index (χ4n) is 4.02. The van der Waals surface area contributed by atoms with Crippen molar-refractivity contribution in [2.45, 2.75) is 57.3 Å². The molecule has 0 atom stereocenters. The molecule has 0 bridgehead atoms. The number of amides is 2. The predicted octanol–water partition coefficient (Wildman–Crippen LogP) is 5.06. The van der Waals surface area contributed by atoms with E-state index in [1.54, 1.807) is 12.1 Å². The first-order valence-corrected chi connectivity index (χ1v) is 10.4. The molecule has 148 valence electrons. The quantitative estimate of drug-likeness (QED) is 0.662. The van der Waals surface area contributed by atoms with Gasteiger partial charge in [0.25, 0.3) is 5.91 Å². The highest BCUT2D eigenvalue weighted by Crippen LogP contribution is 2.40. The van der Waals surface area contributed by atoms with E-state index in [2.05, 4.69) is 17.6 Å². The van der Waals surface area contributed by atoms with Crippen molar-refractivity contribution in [3.8, 4) is 0 Å². The fraction of sp³-hybridized carbons (Fsp3) is 0.417. The molecule has 0 aliphatic heterocycles. The van der Waals surface area contributed by atoms with E-state index in [4.69, 9.17) is 0 Å². The average Bonchev–Trinajstić information content (AvgIpc) is 2.75. The number of benzene rings is 2. The lowest BCUT2D eigenvalue weighted by Gasteiger charge is -2.36. The Bertz CT molecular complexity index is 778. The summed E-state index contributed by atoms with van der Waals surface area (Å²) in [6, 6.07) is 17.0. The van der Waals surface area contributed by atoms with Crippen LogP contribution in [0.3, 0.4) is 0 Å². The van der Waals surface area contributed by atoms with Crippen molar-refractivity contribution in [3.63, 3.8) is 0 Å². The van der Waals surface area contributed by atoms with Crippen LogP contribution in [0.15, 0.2) is 54.6 Å². The number of hydrogen-bond donors (Lipinski definition) is 2. The van der Waals surface area contributed by atoms with E-state index in [-0.39, 0.29) is 11.8 Å². The first-order chi connectivity index (χ1) is 13.7. The van der Waals surface area contributed by atoms with Gasteiger partial charge < -0.3 is 10.6 Å². The third-order valence-electron chi connectivity index (χ3n) is 5.69. The lowest BCUT2D eigenvalue weighted by atomic mass is 9.68. The Morgan fingerprint density at radius 1 is 0.929 bits per heavy atom. The van der Waals surface area contributed by atoms with Gasteiger partial charge in [-0.25, -0.2) is 0 Å². The van der Waals surface area contributed by atoms with E-state index in [1.807, 2.05) is 42.5 Å². The molecule has 0 heterocycles. The van der Waals surface area contributed by atoms with Gasteiger partial charge in [0, 0.05) is 17.8 Å². The third kappa shape index (κ3) is 4.61. The molecule has 4 nitrogen and oxygen atoms in total. The third-order valence-corrected chi connectivity index (χ3v) is 5.69. The molecule has 28 heavy (non-hydrogen) atoms. The minimum atomic E-state index is -0.437. The van der Waals surface area contributed by atoms with Crippen LogP contribution < -0.4 is 10.6 Å². The zero-order chi connectivity index (χ0) is 19.8. The summed E-state index contributed by atoms with van der Waals surface area (Å²) in [5.41, 5.74) is 1.99. The van der Waals surface area contributed by atoms with Gasteiger partial charge in [-0.3, -0.25) is 9.59 Å². The molecule has 0 spiro atoms. The molecule has 2 aromatic rings. The van der Waals surface area contributed by atoms with E-state index >= 15 is 0 Å². The Kier molecular flexibility index (Phi) is 6.85. The van der Waals surface area contributed by atoms with E-state index in [0.29, 0.717) is 5.56 Å². The highest BCUT2D eigenvalue weighted by atomic mass is 16.2. The first kappa shape index (κ1) is 20.1. The molecular formula is C24H30N2O2. The summed E-state index contributed by atoms with van der Waals surface area (Å²) in [5, 5.41) is 6.08. The zero-order valence-corrected chi connectivity index (χ0v) is 16.7. The van der Waals surface area contributed by atoms with E-state index in [1.165, 1.54) is 6.42 Å². The molecule has 0 saturated heterocycles. The summed E-state index contributed by atoms with van der Waals surface area (Å²) in [6.07, 6.45) is 7.20. The first-order valence-electron chi connectivity index (χ1n) is 10.4. The van der Waals surface area contributed by atoms with Crippen LogP contribution in [-0.4, -0.2) is 18.4 Å². The standard InChI is InChI=1S/C24H30N2O2/c1-2-3-18-25-23(28)24(16-8-5-9-17-24)20-12-14-21(15-13-20)26-22(27)19-10-6-4-7-11-19/h4,6-7,10-15H,2-3,5,8-9,16-18H2,1H3,(H,25,28)(H,26,27). The topological polar surface area (TPSA) is 58.2 Å². The Morgan fingerprint density at radius 2 is 1.61 bits per heavy atom. The van der Waals surface area contributed by atoms with Crippen molar-refractivity contribution in [1.29, 1.82) is 0 Å². The Labute approximate surface area is 167 Å². The van der Waals surface area contributed by atoms with Gasteiger partial charge in [-0.1, -0.05) is 62.9 Å². The second kappa shape index (κ2) is 9.54. The molecule has 0 radical (unpaired) electrons. The average molecular weight is 379 g/mol. The molecule has 4 heteroatoms. The summed E-state index contributed by atoms with van der Waals surface area (Å²) in [5.74, 6) is 0.0276. The molecule has 3 rings (SSSR count). The van der Waals surface area contributed by atoms with Crippen LogP contribution in [0.2, 0.25) is 0 Å². The van der Waals surface area contributed by atoms with Crippen LogP contribution >= 0.6 is 0 Å². The second-order valence-electron chi connectivity index (χ2n) is 7.65. The highest BCUT2D eigenvalue weighted by Gasteiger charge is 2.40. The summed E-state index contributed by atoms with van der Waals surface area (Å²) >= 11 is 0. The highest BCUT2D eigenvalue weighted by molar-refractivity contribution is 6.04. The van der Waals surface area contributed by atoms with Crippen LogP contribution in [0.5, 0.6) is 0 Å². The van der Waals surface area contributed by atoms with Gasteiger partial charge in [-0.15, -0.1) is 0 Å². The maximum Gasteiger partial charge on any atom is 0.255 e. The van der Waals surface area contributed by atoms with Gasteiger partial charge in [-0.05, 0) is 49.1 Å². The molecule has 0 unspecified atom stereocenters. The monoisotopic (exact) mass is 378 g/mol. The minimum absolute atomic E-state index is 0.127. The fourth-order valence-corrected chi connectivity index (χ4v) is 4.02. The van der Waals surface area contributed by atoms with Crippen molar-refractivity contribution in [1.82, 2.24) is 5.32 Å².